The molecule has 0 radical (unpaired) electrons. The lowest BCUT2D eigenvalue weighted by atomic mass is 10.1. The van der Waals surface area contributed by atoms with E-state index in [2.05, 4.69) is 98.9 Å². The minimum Gasteiger partial charge on any atom is -0.545 e. The monoisotopic (exact) mass is 810 g/mol. The first-order valence-electron chi connectivity index (χ1n) is 21.9. The Morgan fingerprint density at radius 2 is 1.02 bits per heavy atom. The zero-order valence-corrected chi connectivity index (χ0v) is 36.9. The van der Waals surface area contributed by atoms with Crippen molar-refractivity contribution in [3.05, 3.63) is 97.2 Å². The standard InChI is InChI=1S/C49H79NO8/c1-6-8-10-12-14-16-18-20-22-23-24-25-26-28-30-32-34-36-38-40-47(52)58-45(44-57-49(48(53)54)55-42-41-50(3,4)5)43-56-46(51)39-37-35-33-31-29-27-21-19-17-15-13-11-9-7-2/h8,10,13-16,19-22,24-25,28,30,34,36,45,49H,6-7,9,11-12,17-18,23,26-27,29,31-33,35,37-44H2,1-5H3/b10-8-,15-13-,16-14-,21-19-,22-20-,25-24-,30-28-,36-34-. The Morgan fingerprint density at radius 3 is 1.53 bits per heavy atom. The second-order valence-corrected chi connectivity index (χ2v) is 15.2. The number of quaternary nitrogens is 1. The quantitative estimate of drug-likeness (QED) is 0.0199. The molecule has 0 aromatic carbocycles. The molecule has 0 amide bonds. The number of carboxylic acids is 1. The fraction of sp³-hybridized carbons (Fsp3) is 0.612. The molecule has 0 rings (SSSR count). The molecular formula is C49H79NO8. The maximum atomic E-state index is 12.7. The SMILES string of the molecule is CC/C=C\C/C=C\C/C=C\C/C=C\C/C=C\C/C=C\CCC(=O)OC(COC(=O)CCCCCCC/C=C\C/C=C\CCCC)COC(OCC[N+](C)(C)C)C(=O)[O-]. The van der Waals surface area contributed by atoms with Crippen molar-refractivity contribution in [3.63, 3.8) is 0 Å². The van der Waals surface area contributed by atoms with Crippen LogP contribution in [0.2, 0.25) is 0 Å². The van der Waals surface area contributed by atoms with Gasteiger partial charge in [-0.15, -0.1) is 0 Å². The van der Waals surface area contributed by atoms with Gasteiger partial charge in [0.1, 0.15) is 13.2 Å². The van der Waals surface area contributed by atoms with E-state index in [9.17, 15) is 19.5 Å². The highest BCUT2D eigenvalue weighted by Crippen LogP contribution is 2.10. The summed E-state index contributed by atoms with van der Waals surface area (Å²) in [5.74, 6) is -2.44. The molecule has 0 aliphatic rings. The van der Waals surface area contributed by atoms with E-state index < -0.39 is 30.3 Å². The highest BCUT2D eigenvalue weighted by Gasteiger charge is 2.21. The number of unbranched alkanes of at least 4 members (excludes halogenated alkanes) is 7. The molecule has 0 saturated heterocycles. The molecular weight excluding hydrogens is 731 g/mol. The summed E-state index contributed by atoms with van der Waals surface area (Å²) in [7, 11) is 5.87. The van der Waals surface area contributed by atoms with Gasteiger partial charge < -0.3 is 33.3 Å². The van der Waals surface area contributed by atoms with Crippen LogP contribution in [0, 0.1) is 0 Å². The average Bonchev–Trinajstić information content (AvgIpc) is 3.18. The molecule has 0 bridgehead atoms. The van der Waals surface area contributed by atoms with Gasteiger partial charge in [0, 0.05) is 12.8 Å². The van der Waals surface area contributed by atoms with Crippen molar-refractivity contribution in [2.75, 3.05) is 47.5 Å². The first-order chi connectivity index (χ1) is 28.1. The van der Waals surface area contributed by atoms with Crippen LogP contribution >= 0.6 is 0 Å². The van der Waals surface area contributed by atoms with Gasteiger partial charge in [0.25, 0.3) is 0 Å². The van der Waals surface area contributed by atoms with E-state index in [1.807, 2.05) is 33.3 Å². The van der Waals surface area contributed by atoms with Gasteiger partial charge in [0.05, 0.1) is 40.3 Å². The molecule has 0 aliphatic heterocycles. The summed E-state index contributed by atoms with van der Waals surface area (Å²) in [5.41, 5.74) is 0. The largest absolute Gasteiger partial charge is 0.545 e. The Hall–Kier alpha value is -3.79. The summed E-state index contributed by atoms with van der Waals surface area (Å²) < 4.78 is 22.4. The molecule has 9 heteroatoms. The van der Waals surface area contributed by atoms with Crippen LogP contribution in [0.5, 0.6) is 0 Å². The number of likely N-dealkylation sites (N-methyl/N-ethyl adjacent to an activating group) is 1. The van der Waals surface area contributed by atoms with Gasteiger partial charge in [0.2, 0.25) is 0 Å². The number of carbonyl (C=O) groups excluding carboxylic acids is 3. The van der Waals surface area contributed by atoms with E-state index in [4.69, 9.17) is 18.9 Å². The van der Waals surface area contributed by atoms with E-state index in [1.165, 1.54) is 12.8 Å². The van der Waals surface area contributed by atoms with E-state index in [-0.39, 0.29) is 32.7 Å². The van der Waals surface area contributed by atoms with Gasteiger partial charge in [-0.25, -0.2) is 0 Å². The Kier molecular flexibility index (Phi) is 37.4. The Morgan fingerprint density at radius 1 is 0.534 bits per heavy atom. The predicted molar refractivity (Wildman–Crippen MR) is 237 cm³/mol. The summed E-state index contributed by atoms with van der Waals surface area (Å²) in [6.07, 6.45) is 48.8. The fourth-order valence-corrected chi connectivity index (χ4v) is 5.16. The lowest BCUT2D eigenvalue weighted by Gasteiger charge is -2.26. The van der Waals surface area contributed by atoms with Crippen LogP contribution < -0.4 is 5.11 Å². The van der Waals surface area contributed by atoms with Crippen LogP contribution in [0.3, 0.4) is 0 Å². The van der Waals surface area contributed by atoms with Crippen LogP contribution in [0.1, 0.15) is 136 Å². The smallest absolute Gasteiger partial charge is 0.306 e. The van der Waals surface area contributed by atoms with Gasteiger partial charge in [0.15, 0.2) is 12.4 Å². The highest BCUT2D eigenvalue weighted by atomic mass is 16.7. The third-order valence-electron chi connectivity index (χ3n) is 8.58. The van der Waals surface area contributed by atoms with Crippen molar-refractivity contribution < 1.29 is 42.9 Å². The Bertz CT molecular complexity index is 1270. The molecule has 0 heterocycles. The van der Waals surface area contributed by atoms with Gasteiger partial charge >= 0.3 is 11.9 Å². The number of aliphatic carboxylic acids is 1. The number of carbonyl (C=O) groups is 3. The van der Waals surface area contributed by atoms with Crippen LogP contribution in [-0.2, 0) is 33.3 Å². The molecule has 2 unspecified atom stereocenters. The van der Waals surface area contributed by atoms with Crippen molar-refractivity contribution >= 4 is 17.9 Å². The number of esters is 2. The summed E-state index contributed by atoms with van der Waals surface area (Å²) in [6.45, 7) is 4.44. The zero-order chi connectivity index (χ0) is 42.8. The molecule has 0 aliphatic carbocycles. The molecule has 0 spiro atoms. The maximum absolute atomic E-state index is 12.7. The van der Waals surface area contributed by atoms with E-state index in [1.54, 1.807) is 0 Å². The minimum atomic E-state index is -1.65. The van der Waals surface area contributed by atoms with Crippen LogP contribution in [-0.4, -0.2) is 82.3 Å². The summed E-state index contributed by atoms with van der Waals surface area (Å²) in [5, 5.41) is 11.7. The molecule has 0 N–H and O–H groups in total. The third kappa shape index (κ3) is 40.4. The Labute approximate surface area is 352 Å². The molecule has 0 fully saturated rings. The highest BCUT2D eigenvalue weighted by molar-refractivity contribution is 5.70. The van der Waals surface area contributed by atoms with Crippen molar-refractivity contribution in [1.29, 1.82) is 0 Å². The molecule has 2 atom stereocenters. The number of ether oxygens (including phenoxy) is 4. The number of nitrogens with zero attached hydrogens (tertiary/aromatic N) is 1. The lowest BCUT2D eigenvalue weighted by Crippen LogP contribution is -2.44. The van der Waals surface area contributed by atoms with E-state index in [0.29, 0.717) is 23.9 Å². The second-order valence-electron chi connectivity index (χ2n) is 15.2. The minimum absolute atomic E-state index is 0.114. The van der Waals surface area contributed by atoms with Gasteiger partial charge in [-0.05, 0) is 77.0 Å². The van der Waals surface area contributed by atoms with Crippen LogP contribution in [0.4, 0.5) is 0 Å². The second kappa shape index (κ2) is 40.0. The van der Waals surface area contributed by atoms with Crippen molar-refractivity contribution in [2.24, 2.45) is 0 Å². The number of carboxylic acid groups (broad SMARTS) is 1. The van der Waals surface area contributed by atoms with Gasteiger partial charge in [-0.2, -0.15) is 0 Å². The van der Waals surface area contributed by atoms with E-state index in [0.717, 1.165) is 83.5 Å². The molecule has 0 saturated carbocycles. The normalized spacial score (nSPS) is 13.9. The summed E-state index contributed by atoms with van der Waals surface area (Å²) >= 11 is 0. The maximum Gasteiger partial charge on any atom is 0.306 e. The topological polar surface area (TPSA) is 111 Å². The van der Waals surface area contributed by atoms with Crippen molar-refractivity contribution in [2.45, 2.75) is 148 Å². The summed E-state index contributed by atoms with van der Waals surface area (Å²) in [6, 6.07) is 0. The van der Waals surface area contributed by atoms with Crippen LogP contribution in [0.25, 0.3) is 0 Å². The fourth-order valence-electron chi connectivity index (χ4n) is 5.16. The lowest BCUT2D eigenvalue weighted by molar-refractivity contribution is -0.870. The summed E-state index contributed by atoms with van der Waals surface area (Å²) in [4.78, 5) is 36.9. The third-order valence-corrected chi connectivity index (χ3v) is 8.58. The first-order valence-corrected chi connectivity index (χ1v) is 21.9. The number of hydrogen-bond acceptors (Lipinski definition) is 8. The Balaban J connectivity index is 4.64. The van der Waals surface area contributed by atoms with Gasteiger partial charge in [-0.1, -0.05) is 143 Å². The van der Waals surface area contributed by atoms with Crippen molar-refractivity contribution in [3.8, 4) is 0 Å². The number of hydrogen-bond donors (Lipinski definition) is 0. The van der Waals surface area contributed by atoms with E-state index >= 15 is 0 Å². The molecule has 58 heavy (non-hydrogen) atoms. The molecule has 0 aromatic heterocycles. The number of allylic oxidation sites excluding steroid dienone is 16. The zero-order valence-electron chi connectivity index (χ0n) is 36.9. The molecule has 328 valence electrons. The first kappa shape index (κ1) is 54.2. The van der Waals surface area contributed by atoms with Gasteiger partial charge in [-0.3, -0.25) is 9.59 Å². The predicted octanol–water partition coefficient (Wildman–Crippen LogP) is 10.2. The van der Waals surface area contributed by atoms with Crippen molar-refractivity contribution in [1.82, 2.24) is 0 Å². The average molecular weight is 810 g/mol. The molecule has 0 aromatic rings. The van der Waals surface area contributed by atoms with Crippen LogP contribution in [0.15, 0.2) is 97.2 Å². The molecule has 9 nitrogen and oxygen atoms in total. The number of rotatable bonds is 38.